The van der Waals surface area contributed by atoms with Crippen LogP contribution in [0.3, 0.4) is 0 Å². The lowest BCUT2D eigenvalue weighted by molar-refractivity contribution is -0.141. The largest absolute Gasteiger partial charge is 0.444 e. The van der Waals surface area contributed by atoms with Crippen molar-refractivity contribution in [3.63, 3.8) is 0 Å². The molecule has 1 heterocycles. The van der Waals surface area contributed by atoms with E-state index < -0.39 is 5.60 Å². The fraction of sp³-hybridized carbons (Fsp3) is 0.933. The van der Waals surface area contributed by atoms with Crippen LogP contribution < -0.4 is 0 Å². The highest BCUT2D eigenvalue weighted by Gasteiger charge is 2.27. The first-order valence-corrected chi connectivity index (χ1v) is 7.48. The molecule has 0 N–H and O–H groups in total. The molecule has 1 saturated heterocycles. The maximum Gasteiger partial charge on any atom is 0.410 e. The summed E-state index contributed by atoms with van der Waals surface area (Å²) < 4.78 is 5.41. The third kappa shape index (κ3) is 5.67. The van der Waals surface area contributed by atoms with Crippen LogP contribution in [0.15, 0.2) is 0 Å². The second-order valence-electron chi connectivity index (χ2n) is 6.72. The summed E-state index contributed by atoms with van der Waals surface area (Å²) in [5, 5.41) is 1.89. The molecule has 0 spiro atoms. The van der Waals surface area contributed by atoms with Crippen LogP contribution in [0.5, 0.6) is 0 Å². The average Bonchev–Trinajstić information content (AvgIpc) is 2.36. The molecule has 1 rings (SSSR count). The smallest absolute Gasteiger partial charge is 0.410 e. The zero-order valence-corrected chi connectivity index (χ0v) is 13.8. The highest BCUT2D eigenvalue weighted by molar-refractivity contribution is 5.68. The van der Waals surface area contributed by atoms with Gasteiger partial charge in [0, 0.05) is 26.2 Å². The van der Waals surface area contributed by atoms with Crippen LogP contribution in [0.4, 0.5) is 4.79 Å². The molecule has 5 heteroatoms. The van der Waals surface area contributed by atoms with Gasteiger partial charge in [0.2, 0.25) is 0 Å². The number of hydroxylamine groups is 2. The van der Waals surface area contributed by atoms with Gasteiger partial charge in [-0.05, 0) is 52.9 Å². The molecular formula is C15H30N2O3. The van der Waals surface area contributed by atoms with E-state index in [9.17, 15) is 4.79 Å². The van der Waals surface area contributed by atoms with Crippen LogP contribution in [0, 0.1) is 5.92 Å². The molecule has 20 heavy (non-hydrogen) atoms. The van der Waals surface area contributed by atoms with Crippen LogP contribution in [0.2, 0.25) is 0 Å². The van der Waals surface area contributed by atoms with Gasteiger partial charge in [-0.15, -0.1) is 0 Å². The lowest BCUT2D eigenvalue weighted by Crippen LogP contribution is -2.42. The number of amides is 1. The van der Waals surface area contributed by atoms with Gasteiger partial charge < -0.3 is 14.5 Å². The quantitative estimate of drug-likeness (QED) is 0.745. The van der Waals surface area contributed by atoms with E-state index in [2.05, 4.69) is 6.92 Å². The third-order valence-corrected chi connectivity index (χ3v) is 3.85. The van der Waals surface area contributed by atoms with Crippen molar-refractivity contribution in [2.75, 3.05) is 27.2 Å². The Labute approximate surface area is 123 Å². The van der Waals surface area contributed by atoms with Crippen LogP contribution >= 0.6 is 0 Å². The zero-order chi connectivity index (χ0) is 15.3. The van der Waals surface area contributed by atoms with Crippen molar-refractivity contribution >= 4 is 6.09 Å². The zero-order valence-electron chi connectivity index (χ0n) is 13.8. The topological polar surface area (TPSA) is 42.0 Å². The van der Waals surface area contributed by atoms with Crippen molar-refractivity contribution in [3.05, 3.63) is 0 Å². The minimum atomic E-state index is -0.413. The van der Waals surface area contributed by atoms with Crippen molar-refractivity contribution in [3.8, 4) is 0 Å². The predicted octanol–water partition coefficient (Wildman–Crippen LogP) is 2.91. The molecule has 1 aliphatic heterocycles. The number of ether oxygens (including phenoxy) is 1. The normalized spacial score (nSPS) is 19.2. The molecule has 0 saturated carbocycles. The van der Waals surface area contributed by atoms with E-state index >= 15 is 0 Å². The molecule has 0 aromatic rings. The molecule has 1 fully saturated rings. The molecular weight excluding hydrogens is 256 g/mol. The van der Waals surface area contributed by atoms with E-state index in [0.717, 1.165) is 32.4 Å². The molecule has 118 valence electrons. The van der Waals surface area contributed by atoms with Crippen molar-refractivity contribution in [1.29, 1.82) is 0 Å². The van der Waals surface area contributed by atoms with Gasteiger partial charge in [-0.25, -0.2) is 4.79 Å². The fourth-order valence-corrected chi connectivity index (χ4v) is 2.49. The van der Waals surface area contributed by atoms with E-state index in [4.69, 9.17) is 9.57 Å². The van der Waals surface area contributed by atoms with Crippen LogP contribution in [-0.2, 0) is 9.57 Å². The van der Waals surface area contributed by atoms with Gasteiger partial charge in [-0.1, -0.05) is 0 Å². The van der Waals surface area contributed by atoms with E-state index in [1.165, 1.54) is 0 Å². The van der Waals surface area contributed by atoms with Gasteiger partial charge in [-0.2, -0.15) is 5.06 Å². The lowest BCUT2D eigenvalue weighted by atomic mass is 9.91. The molecule has 1 amide bonds. The Balaban J connectivity index is 2.35. The molecule has 5 nitrogen and oxygen atoms in total. The highest BCUT2D eigenvalue weighted by Crippen LogP contribution is 2.24. The number of likely N-dealkylation sites (tertiary alicyclic amines) is 1. The third-order valence-electron chi connectivity index (χ3n) is 3.85. The van der Waals surface area contributed by atoms with Crippen LogP contribution in [0.1, 0.15) is 47.0 Å². The molecule has 1 unspecified atom stereocenters. The minimum Gasteiger partial charge on any atom is -0.444 e. The summed E-state index contributed by atoms with van der Waals surface area (Å²) in [4.78, 5) is 19.0. The molecule has 1 aliphatic rings. The van der Waals surface area contributed by atoms with E-state index in [1.807, 2.05) is 37.8 Å². The molecule has 0 aliphatic carbocycles. The number of hydrogen-bond donors (Lipinski definition) is 0. The van der Waals surface area contributed by atoms with Gasteiger partial charge in [0.1, 0.15) is 5.60 Å². The summed E-state index contributed by atoms with van der Waals surface area (Å²) in [6.45, 7) is 9.47. The van der Waals surface area contributed by atoms with Crippen molar-refractivity contribution in [2.24, 2.45) is 5.92 Å². The first-order chi connectivity index (χ1) is 9.23. The summed E-state index contributed by atoms with van der Waals surface area (Å²) in [5.74, 6) is 0.654. The second-order valence-corrected chi connectivity index (χ2v) is 6.72. The number of rotatable bonds is 4. The maximum atomic E-state index is 12.0. The molecule has 0 aromatic heterocycles. The average molecular weight is 286 g/mol. The first kappa shape index (κ1) is 17.2. The standard InChI is InChI=1S/C15H30N2O3/c1-12(16(5)19-6)11-13-7-9-17(10-8-13)14(18)20-15(2,3)4/h12-13H,7-11H2,1-6H3. The summed E-state index contributed by atoms with van der Waals surface area (Å²) in [7, 11) is 3.65. The van der Waals surface area contributed by atoms with Gasteiger partial charge in [0.25, 0.3) is 0 Å². The Morgan fingerprint density at radius 2 is 1.90 bits per heavy atom. The van der Waals surface area contributed by atoms with Crippen molar-refractivity contribution in [1.82, 2.24) is 9.96 Å². The summed E-state index contributed by atoms with van der Waals surface area (Å²) >= 11 is 0. The first-order valence-electron chi connectivity index (χ1n) is 7.48. The van der Waals surface area contributed by atoms with Crippen LogP contribution in [-0.4, -0.2) is 54.9 Å². The Hall–Kier alpha value is -0.810. The molecule has 1 atom stereocenters. The van der Waals surface area contributed by atoms with E-state index in [-0.39, 0.29) is 6.09 Å². The predicted molar refractivity (Wildman–Crippen MR) is 79.4 cm³/mol. The lowest BCUT2D eigenvalue weighted by Gasteiger charge is -2.35. The highest BCUT2D eigenvalue weighted by atomic mass is 16.7. The van der Waals surface area contributed by atoms with Gasteiger partial charge >= 0.3 is 6.09 Å². The van der Waals surface area contributed by atoms with Gasteiger partial charge in [0.05, 0.1) is 7.11 Å². The van der Waals surface area contributed by atoms with Crippen molar-refractivity contribution in [2.45, 2.75) is 58.6 Å². The SMILES string of the molecule is CON(C)C(C)CC1CCN(C(=O)OC(C)(C)C)CC1. The number of carbonyl (C=O) groups is 1. The van der Waals surface area contributed by atoms with Crippen molar-refractivity contribution < 1.29 is 14.4 Å². The fourth-order valence-electron chi connectivity index (χ4n) is 2.49. The number of piperidine rings is 1. The number of hydrogen-bond acceptors (Lipinski definition) is 4. The van der Waals surface area contributed by atoms with Gasteiger partial charge in [0.15, 0.2) is 0 Å². The van der Waals surface area contributed by atoms with Gasteiger partial charge in [-0.3, -0.25) is 0 Å². The number of carbonyl (C=O) groups excluding carboxylic acids is 1. The molecule has 0 radical (unpaired) electrons. The molecule has 0 bridgehead atoms. The van der Waals surface area contributed by atoms with E-state index in [0.29, 0.717) is 12.0 Å². The second kappa shape index (κ2) is 7.27. The Bertz CT molecular complexity index is 307. The van der Waals surface area contributed by atoms with E-state index in [1.54, 1.807) is 7.11 Å². The minimum absolute atomic E-state index is 0.182. The summed E-state index contributed by atoms with van der Waals surface area (Å²) in [6.07, 6.45) is 3.01. The summed E-state index contributed by atoms with van der Waals surface area (Å²) in [5.41, 5.74) is -0.413. The monoisotopic (exact) mass is 286 g/mol. The Morgan fingerprint density at radius 3 is 2.35 bits per heavy atom. The van der Waals surface area contributed by atoms with Crippen LogP contribution in [0.25, 0.3) is 0 Å². The Morgan fingerprint density at radius 1 is 1.35 bits per heavy atom. The maximum absolute atomic E-state index is 12.0. The molecule has 0 aromatic carbocycles. The number of nitrogens with zero attached hydrogens (tertiary/aromatic N) is 2. The summed E-state index contributed by atoms with van der Waals surface area (Å²) in [6, 6.07) is 0.401. The Kier molecular flexibility index (Phi) is 6.27.